The molecular formula is C50H49N3O14. The van der Waals surface area contributed by atoms with Crippen LogP contribution in [0.2, 0.25) is 0 Å². The number of aliphatic hydroxyl groups excluding tert-OH is 2. The van der Waals surface area contributed by atoms with E-state index in [1.54, 1.807) is 54.6 Å². The summed E-state index contributed by atoms with van der Waals surface area (Å²) in [6, 6.07) is 22.0. The number of amides is 1. The highest BCUT2D eigenvalue weighted by molar-refractivity contribution is 6.22. The molecule has 0 radical (unpaired) electrons. The molecule has 7 rings (SSSR count). The summed E-state index contributed by atoms with van der Waals surface area (Å²) in [7, 11) is 0. The van der Waals surface area contributed by atoms with Crippen molar-refractivity contribution in [2.75, 3.05) is 6.61 Å². The number of carbonyl (C=O) groups is 6. The predicted octanol–water partition coefficient (Wildman–Crippen LogP) is 3.49. The third-order valence-electron chi connectivity index (χ3n) is 13.6. The second-order valence-electron chi connectivity index (χ2n) is 16.9. The maximum Gasteiger partial charge on any atom is 0.349 e. The first kappa shape index (κ1) is 47.8. The van der Waals surface area contributed by atoms with Crippen LogP contribution in [-0.4, -0.2) is 118 Å². The SMILES string of the molecule is C=CC(=O)O[C@@]12CO[C@@H]1C[C@H](O)[C@@]1(C)C(=O)[C@H](OC(=O)C=N)C3=C(C=N)[C@@H](OC(=O)[C@H](O)[C@@H](NC(=O)c4ccccc4)c4ccccc4)C[C@@](O)([C@@H](OC(=O)c4ccccc4)[C@H]21)C3(C=C)C=C. The van der Waals surface area contributed by atoms with Gasteiger partial charge in [-0.3, -0.25) is 9.59 Å². The number of hydrogen-bond donors (Lipinski definition) is 6. The summed E-state index contributed by atoms with van der Waals surface area (Å²) in [6.45, 7) is 12.2. The molecule has 2 saturated carbocycles. The van der Waals surface area contributed by atoms with Crippen LogP contribution in [0.5, 0.6) is 0 Å². The first-order valence-corrected chi connectivity index (χ1v) is 21.2. The highest BCUT2D eigenvalue weighted by Crippen LogP contribution is 2.65. The number of carbonyl (C=O) groups excluding carboxylic acids is 6. The fraction of sp³-hybridized carbons (Fsp3) is 0.320. The average Bonchev–Trinajstić information content (AvgIpc) is 3.34. The average molecular weight is 916 g/mol. The van der Waals surface area contributed by atoms with Crippen molar-refractivity contribution in [3.8, 4) is 0 Å². The van der Waals surface area contributed by atoms with E-state index in [1.807, 2.05) is 0 Å². The highest BCUT2D eigenvalue weighted by atomic mass is 16.6. The highest BCUT2D eigenvalue weighted by Gasteiger charge is 2.79. The van der Waals surface area contributed by atoms with Gasteiger partial charge in [-0.25, -0.2) is 19.2 Å². The third-order valence-corrected chi connectivity index (χ3v) is 13.6. The lowest BCUT2D eigenvalue weighted by Gasteiger charge is -2.67. The quantitative estimate of drug-likeness (QED) is 0.0419. The zero-order valence-electron chi connectivity index (χ0n) is 36.2. The minimum absolute atomic E-state index is 0.0425. The molecule has 0 spiro atoms. The first-order valence-electron chi connectivity index (χ1n) is 21.2. The van der Waals surface area contributed by atoms with Crippen molar-refractivity contribution in [1.82, 2.24) is 5.32 Å². The van der Waals surface area contributed by atoms with Gasteiger partial charge in [0, 0.05) is 41.8 Å². The second-order valence-corrected chi connectivity index (χ2v) is 16.9. The summed E-state index contributed by atoms with van der Waals surface area (Å²) in [5.74, 6) is -8.51. The molecule has 6 N–H and O–H groups in total. The molecule has 2 bridgehead atoms. The zero-order chi connectivity index (χ0) is 48.5. The number of nitrogens with one attached hydrogen (secondary N) is 3. The van der Waals surface area contributed by atoms with Gasteiger partial charge in [0.05, 0.1) is 41.1 Å². The molecule has 1 aliphatic heterocycles. The van der Waals surface area contributed by atoms with Gasteiger partial charge in [0.15, 0.2) is 23.6 Å². The number of ether oxygens (including phenoxy) is 5. The molecule has 3 aromatic rings. The van der Waals surface area contributed by atoms with Crippen molar-refractivity contribution < 1.29 is 67.8 Å². The Morgan fingerprint density at radius 3 is 2.00 bits per heavy atom. The van der Waals surface area contributed by atoms with Crippen LogP contribution in [-0.2, 0) is 42.9 Å². The Morgan fingerprint density at radius 2 is 1.46 bits per heavy atom. The largest absolute Gasteiger partial charge is 0.455 e. The smallest absolute Gasteiger partial charge is 0.349 e. The van der Waals surface area contributed by atoms with E-state index in [1.165, 1.54) is 43.3 Å². The number of Topliss-reactive ketones (excluding diaryl/α,β-unsaturated/α-hetero) is 1. The summed E-state index contributed by atoms with van der Waals surface area (Å²) in [6.07, 6.45) is -8.67. The van der Waals surface area contributed by atoms with E-state index >= 15 is 4.79 Å². The van der Waals surface area contributed by atoms with Gasteiger partial charge in [-0.2, -0.15) is 0 Å². The fourth-order valence-electron chi connectivity index (χ4n) is 10.3. The van der Waals surface area contributed by atoms with Gasteiger partial charge in [0.25, 0.3) is 5.91 Å². The molecule has 11 atom stereocenters. The molecule has 67 heavy (non-hydrogen) atoms. The number of hydrogen-bond acceptors (Lipinski definition) is 16. The van der Waals surface area contributed by atoms with E-state index in [0.717, 1.165) is 18.2 Å². The van der Waals surface area contributed by atoms with Crippen molar-refractivity contribution in [3.05, 3.63) is 157 Å². The molecule has 1 saturated heterocycles. The Kier molecular flexibility index (Phi) is 13.3. The van der Waals surface area contributed by atoms with Gasteiger partial charge in [-0.05, 0) is 36.8 Å². The van der Waals surface area contributed by atoms with E-state index in [2.05, 4.69) is 25.1 Å². The van der Waals surface area contributed by atoms with E-state index in [9.17, 15) is 39.3 Å². The van der Waals surface area contributed by atoms with Crippen LogP contribution < -0.4 is 5.32 Å². The topological polar surface area (TPSA) is 269 Å². The lowest BCUT2D eigenvalue weighted by molar-refractivity contribution is -0.343. The number of ketones is 1. The first-order chi connectivity index (χ1) is 32.0. The monoisotopic (exact) mass is 915 g/mol. The van der Waals surface area contributed by atoms with E-state index in [-0.39, 0.29) is 34.9 Å². The fourth-order valence-corrected chi connectivity index (χ4v) is 10.3. The maximum absolute atomic E-state index is 15.8. The molecule has 17 nitrogen and oxygen atoms in total. The summed E-state index contributed by atoms with van der Waals surface area (Å²) in [5.41, 5.74) is -9.86. The van der Waals surface area contributed by atoms with Crippen LogP contribution in [0.25, 0.3) is 0 Å². The Morgan fingerprint density at radius 1 is 0.866 bits per heavy atom. The van der Waals surface area contributed by atoms with Crippen molar-refractivity contribution in [3.63, 3.8) is 0 Å². The van der Waals surface area contributed by atoms with Gasteiger partial charge in [-0.15, -0.1) is 13.2 Å². The molecule has 3 aromatic carbocycles. The molecule has 3 aliphatic carbocycles. The molecule has 4 aliphatic rings. The summed E-state index contributed by atoms with van der Waals surface area (Å²) in [5, 5.41) is 57.3. The number of rotatable bonds is 15. The normalized spacial score (nSPS) is 30.0. The van der Waals surface area contributed by atoms with Crippen molar-refractivity contribution >= 4 is 48.0 Å². The third kappa shape index (κ3) is 7.82. The van der Waals surface area contributed by atoms with Crippen molar-refractivity contribution in [1.29, 1.82) is 10.8 Å². The molecule has 0 aromatic heterocycles. The molecule has 17 heteroatoms. The molecule has 1 heterocycles. The van der Waals surface area contributed by atoms with Gasteiger partial charge in [-0.1, -0.05) is 85.5 Å². The summed E-state index contributed by atoms with van der Waals surface area (Å²) < 4.78 is 30.1. The Bertz CT molecular complexity index is 2540. The predicted molar refractivity (Wildman–Crippen MR) is 237 cm³/mol. The van der Waals surface area contributed by atoms with Crippen molar-refractivity contribution in [2.24, 2.45) is 16.7 Å². The number of fused-ring (bicyclic) bond motifs is 5. The Balaban J connectivity index is 1.47. The molecular weight excluding hydrogens is 867 g/mol. The minimum Gasteiger partial charge on any atom is -0.455 e. The van der Waals surface area contributed by atoms with Gasteiger partial charge in [0.2, 0.25) is 0 Å². The van der Waals surface area contributed by atoms with Crippen LogP contribution >= 0.6 is 0 Å². The van der Waals surface area contributed by atoms with Crippen LogP contribution in [0.15, 0.2) is 140 Å². The molecule has 348 valence electrons. The maximum atomic E-state index is 15.8. The number of benzene rings is 3. The van der Waals surface area contributed by atoms with E-state index < -0.39 is 125 Å². The molecule has 3 fully saturated rings. The van der Waals surface area contributed by atoms with Crippen LogP contribution in [0, 0.1) is 27.6 Å². The Labute approximate surface area is 384 Å². The van der Waals surface area contributed by atoms with Gasteiger partial charge >= 0.3 is 23.9 Å². The van der Waals surface area contributed by atoms with E-state index in [4.69, 9.17) is 34.5 Å². The second kappa shape index (κ2) is 18.6. The lowest BCUT2D eigenvalue weighted by Crippen LogP contribution is -2.82. The summed E-state index contributed by atoms with van der Waals surface area (Å²) >= 11 is 0. The molecule has 0 unspecified atom stereocenters. The number of esters is 4. The Hall–Kier alpha value is -7.18. The van der Waals surface area contributed by atoms with Gasteiger partial charge < -0.3 is 55.1 Å². The van der Waals surface area contributed by atoms with Crippen LogP contribution in [0.3, 0.4) is 0 Å². The molecule has 1 amide bonds. The minimum atomic E-state index is -2.80. The summed E-state index contributed by atoms with van der Waals surface area (Å²) in [4.78, 5) is 84.9. The lowest BCUT2D eigenvalue weighted by atomic mass is 9.44. The number of aliphatic hydroxyl groups is 3. The van der Waals surface area contributed by atoms with Crippen LogP contribution in [0.4, 0.5) is 0 Å². The van der Waals surface area contributed by atoms with Crippen LogP contribution in [0.1, 0.15) is 52.1 Å². The van der Waals surface area contributed by atoms with Crippen molar-refractivity contribution in [2.45, 2.75) is 73.6 Å². The zero-order valence-corrected chi connectivity index (χ0v) is 36.2. The van der Waals surface area contributed by atoms with E-state index in [0.29, 0.717) is 6.21 Å². The standard InChI is InChI=1S/C50H49N3O14/c1-5-35(55)67-49-27-63-34(49)23-33(54)47(4)41(49)43(66-45(60)30-21-15-10-16-22-30)50(62)24-32(31(25-51)37(48(50,6-2)7-3)40(42(47)58)65-36(56)26-52)64-46(61)39(57)38(28-17-11-8-12-18-28)53-44(59)29-19-13-9-14-20-29/h5-22,25-26,32-34,38-41,43,51-52,54,57,62H,1-3,23-24,27H2,4H3,(H,53,59)/t32-,33-,34+,38-,39+,40+,41-,43-,47+,49-,50+/m0/s1. The van der Waals surface area contributed by atoms with Gasteiger partial charge in [0.1, 0.15) is 30.1 Å².